The van der Waals surface area contributed by atoms with E-state index in [0.29, 0.717) is 32.8 Å². The second-order valence-electron chi connectivity index (χ2n) is 5.68. The van der Waals surface area contributed by atoms with E-state index in [0.717, 1.165) is 23.4 Å². The van der Waals surface area contributed by atoms with Gasteiger partial charge in [0.15, 0.2) is 0 Å². The minimum Gasteiger partial charge on any atom is -0.450 e. The number of amides is 2. The summed E-state index contributed by atoms with van der Waals surface area (Å²) in [7, 11) is 1.96. The van der Waals surface area contributed by atoms with Gasteiger partial charge in [-0.15, -0.1) is 0 Å². The molecule has 0 radical (unpaired) electrons. The Morgan fingerprint density at radius 2 is 1.77 bits per heavy atom. The molecule has 6 nitrogen and oxygen atoms in total. The maximum Gasteiger partial charge on any atom is 0.409 e. The highest BCUT2D eigenvalue weighted by Gasteiger charge is 2.25. The normalized spacial score (nSPS) is 15.6. The Balaban J connectivity index is 2.06. The van der Waals surface area contributed by atoms with Gasteiger partial charge in [-0.25, -0.2) is 4.79 Å². The van der Waals surface area contributed by atoms with Gasteiger partial charge in [-0.05, 0) is 33.3 Å². The second kappa shape index (κ2) is 6.85. The number of carbonyl (C=O) groups is 2. The first-order chi connectivity index (χ1) is 10.5. The van der Waals surface area contributed by atoms with Crippen molar-refractivity contribution in [3.8, 4) is 0 Å². The molecule has 1 aliphatic heterocycles. The fraction of sp³-hybridized carbons (Fsp3) is 0.625. The smallest absolute Gasteiger partial charge is 0.409 e. The van der Waals surface area contributed by atoms with Crippen molar-refractivity contribution >= 4 is 12.0 Å². The zero-order valence-electron chi connectivity index (χ0n) is 13.9. The van der Waals surface area contributed by atoms with E-state index in [1.54, 1.807) is 11.8 Å². The number of aryl methyl sites for hydroxylation is 1. The molecule has 6 heteroatoms. The first-order valence-electron chi connectivity index (χ1n) is 7.79. The quantitative estimate of drug-likeness (QED) is 0.839. The lowest BCUT2D eigenvalue weighted by Gasteiger charge is -2.21. The van der Waals surface area contributed by atoms with E-state index in [1.165, 1.54) is 0 Å². The van der Waals surface area contributed by atoms with Crippen LogP contribution in [-0.2, 0) is 11.8 Å². The predicted octanol–water partition coefficient (Wildman–Crippen LogP) is 1.95. The molecule has 0 unspecified atom stereocenters. The molecule has 0 atom stereocenters. The summed E-state index contributed by atoms with van der Waals surface area (Å²) < 4.78 is 7.06. The highest BCUT2D eigenvalue weighted by atomic mass is 16.6. The molecule has 0 N–H and O–H groups in total. The van der Waals surface area contributed by atoms with Crippen molar-refractivity contribution in [1.82, 2.24) is 14.4 Å². The maximum atomic E-state index is 12.7. The van der Waals surface area contributed by atoms with Gasteiger partial charge in [-0.2, -0.15) is 0 Å². The van der Waals surface area contributed by atoms with Crippen LogP contribution in [0.15, 0.2) is 6.07 Å². The van der Waals surface area contributed by atoms with Crippen LogP contribution in [-0.4, -0.2) is 59.2 Å². The molecule has 22 heavy (non-hydrogen) atoms. The largest absolute Gasteiger partial charge is 0.450 e. The number of ether oxygens (including phenoxy) is 1. The van der Waals surface area contributed by atoms with E-state index in [1.807, 2.05) is 36.4 Å². The number of nitrogens with zero attached hydrogens (tertiary/aromatic N) is 3. The second-order valence-corrected chi connectivity index (χ2v) is 5.68. The summed E-state index contributed by atoms with van der Waals surface area (Å²) in [6, 6.07) is 1.94. The fourth-order valence-corrected chi connectivity index (χ4v) is 2.76. The fourth-order valence-electron chi connectivity index (χ4n) is 2.76. The third-order valence-electron chi connectivity index (χ3n) is 4.31. The van der Waals surface area contributed by atoms with Crippen LogP contribution in [0.1, 0.15) is 35.1 Å². The van der Waals surface area contributed by atoms with Gasteiger partial charge in [-0.3, -0.25) is 4.79 Å². The summed E-state index contributed by atoms with van der Waals surface area (Å²) in [6.45, 7) is 8.50. The highest BCUT2D eigenvalue weighted by Crippen LogP contribution is 2.17. The summed E-state index contributed by atoms with van der Waals surface area (Å²) in [5.74, 6) is 0.0481. The average Bonchev–Trinajstić information content (AvgIpc) is 2.71. The molecular weight excluding hydrogens is 282 g/mol. The number of hydrogen-bond donors (Lipinski definition) is 0. The average molecular weight is 307 g/mol. The van der Waals surface area contributed by atoms with Gasteiger partial charge in [0.25, 0.3) is 5.91 Å². The highest BCUT2D eigenvalue weighted by molar-refractivity contribution is 5.95. The van der Waals surface area contributed by atoms with Crippen LogP contribution in [0.25, 0.3) is 0 Å². The van der Waals surface area contributed by atoms with Gasteiger partial charge in [-0.1, -0.05) is 0 Å². The molecule has 1 aromatic heterocycles. The zero-order chi connectivity index (χ0) is 16.3. The Labute approximate surface area is 131 Å². The van der Waals surface area contributed by atoms with Crippen LogP contribution in [0.5, 0.6) is 0 Å². The van der Waals surface area contributed by atoms with E-state index in [2.05, 4.69) is 0 Å². The Morgan fingerprint density at radius 1 is 1.14 bits per heavy atom. The molecule has 122 valence electrons. The molecule has 2 heterocycles. The van der Waals surface area contributed by atoms with Crippen molar-refractivity contribution in [2.75, 3.05) is 32.8 Å². The maximum absolute atomic E-state index is 12.7. The van der Waals surface area contributed by atoms with E-state index in [4.69, 9.17) is 4.74 Å². The van der Waals surface area contributed by atoms with Crippen LogP contribution in [0.3, 0.4) is 0 Å². The Kier molecular flexibility index (Phi) is 5.11. The van der Waals surface area contributed by atoms with Crippen molar-refractivity contribution in [3.63, 3.8) is 0 Å². The van der Waals surface area contributed by atoms with Crippen LogP contribution >= 0.6 is 0 Å². The lowest BCUT2D eigenvalue weighted by atomic mass is 10.2. The Hall–Kier alpha value is -1.98. The van der Waals surface area contributed by atoms with E-state index < -0.39 is 0 Å². The van der Waals surface area contributed by atoms with Crippen molar-refractivity contribution in [2.45, 2.75) is 27.2 Å². The minimum atomic E-state index is -0.288. The van der Waals surface area contributed by atoms with Crippen molar-refractivity contribution in [2.24, 2.45) is 7.05 Å². The lowest BCUT2D eigenvalue weighted by Crippen LogP contribution is -2.37. The van der Waals surface area contributed by atoms with Crippen molar-refractivity contribution in [3.05, 3.63) is 23.0 Å². The van der Waals surface area contributed by atoms with Crippen LogP contribution in [0.2, 0.25) is 0 Å². The first kappa shape index (κ1) is 16.4. The van der Waals surface area contributed by atoms with Crippen molar-refractivity contribution < 1.29 is 14.3 Å². The summed E-state index contributed by atoms with van der Waals surface area (Å²) in [4.78, 5) is 28.0. The van der Waals surface area contributed by atoms with Crippen LogP contribution in [0, 0.1) is 13.8 Å². The molecule has 1 fully saturated rings. The van der Waals surface area contributed by atoms with Gasteiger partial charge in [0.2, 0.25) is 0 Å². The molecule has 0 spiro atoms. The number of aromatic nitrogens is 1. The number of rotatable bonds is 2. The molecule has 2 amide bonds. The standard InChI is InChI=1S/C16H25N3O3/c1-5-22-16(21)19-8-6-7-18(9-10-19)15(20)14-11-12(2)17(4)13(14)3/h11H,5-10H2,1-4H3. The number of hydrogen-bond acceptors (Lipinski definition) is 3. The van der Waals surface area contributed by atoms with E-state index >= 15 is 0 Å². The molecule has 0 saturated carbocycles. The Morgan fingerprint density at radius 3 is 2.36 bits per heavy atom. The summed E-state index contributed by atoms with van der Waals surface area (Å²) >= 11 is 0. The van der Waals surface area contributed by atoms with Gasteiger partial charge in [0, 0.05) is 44.6 Å². The third kappa shape index (κ3) is 3.26. The van der Waals surface area contributed by atoms with E-state index in [-0.39, 0.29) is 12.0 Å². The molecule has 0 aliphatic carbocycles. The molecule has 1 aliphatic rings. The number of carbonyl (C=O) groups excluding carboxylic acids is 2. The molecule has 0 bridgehead atoms. The van der Waals surface area contributed by atoms with Crippen LogP contribution < -0.4 is 0 Å². The SMILES string of the molecule is CCOC(=O)N1CCCN(C(=O)c2cc(C)n(C)c2C)CC1. The molecule has 2 rings (SSSR count). The topological polar surface area (TPSA) is 54.8 Å². The molecule has 0 aromatic carbocycles. The first-order valence-corrected chi connectivity index (χ1v) is 7.79. The summed E-state index contributed by atoms with van der Waals surface area (Å²) in [5, 5.41) is 0. The minimum absolute atomic E-state index is 0.0481. The van der Waals surface area contributed by atoms with E-state index in [9.17, 15) is 9.59 Å². The van der Waals surface area contributed by atoms with Crippen LogP contribution in [0.4, 0.5) is 4.79 Å². The molecule has 1 aromatic rings. The summed E-state index contributed by atoms with van der Waals surface area (Å²) in [6.07, 6.45) is 0.485. The Bertz CT molecular complexity index is 565. The zero-order valence-corrected chi connectivity index (χ0v) is 13.9. The monoisotopic (exact) mass is 307 g/mol. The lowest BCUT2D eigenvalue weighted by molar-refractivity contribution is 0.0752. The third-order valence-corrected chi connectivity index (χ3v) is 4.31. The van der Waals surface area contributed by atoms with Crippen molar-refractivity contribution in [1.29, 1.82) is 0 Å². The summed E-state index contributed by atoms with van der Waals surface area (Å²) in [5.41, 5.74) is 2.81. The molecular formula is C16H25N3O3. The predicted molar refractivity (Wildman–Crippen MR) is 84.0 cm³/mol. The molecule has 1 saturated heterocycles. The van der Waals surface area contributed by atoms with Gasteiger partial charge < -0.3 is 19.1 Å². The van der Waals surface area contributed by atoms with Gasteiger partial charge in [0.1, 0.15) is 0 Å². The van der Waals surface area contributed by atoms with Gasteiger partial charge >= 0.3 is 6.09 Å². The van der Waals surface area contributed by atoms with Gasteiger partial charge in [0.05, 0.1) is 12.2 Å².